The van der Waals surface area contributed by atoms with Crippen LogP contribution in [-0.4, -0.2) is 38.8 Å². The highest BCUT2D eigenvalue weighted by Crippen LogP contribution is 2.24. The Hall–Kier alpha value is -1.76. The lowest BCUT2D eigenvalue weighted by molar-refractivity contribution is 0.00382. The van der Waals surface area contributed by atoms with E-state index in [1.165, 1.54) is 6.20 Å². The first-order valence-electron chi connectivity index (χ1n) is 6.34. The van der Waals surface area contributed by atoms with Crippen LogP contribution in [0, 0.1) is 0 Å². The first-order chi connectivity index (χ1) is 9.29. The van der Waals surface area contributed by atoms with Gasteiger partial charge in [0, 0.05) is 24.4 Å². The number of fused-ring (bicyclic) bond motifs is 1. The van der Waals surface area contributed by atoms with E-state index in [0.29, 0.717) is 11.3 Å². The monoisotopic (exact) mass is 284 g/mol. The van der Waals surface area contributed by atoms with E-state index in [9.17, 15) is 8.78 Å². The van der Waals surface area contributed by atoms with Crippen LogP contribution in [0.5, 0.6) is 0 Å². The minimum atomic E-state index is -2.78. The fourth-order valence-corrected chi connectivity index (χ4v) is 1.72. The second-order valence-corrected chi connectivity index (χ2v) is 5.67. The number of anilines is 1. The van der Waals surface area contributed by atoms with Crippen LogP contribution in [0.25, 0.3) is 5.52 Å². The number of nitrogens with zero attached hydrogens (tertiary/aromatic N) is 3. The molecule has 0 aromatic carbocycles. The zero-order valence-corrected chi connectivity index (χ0v) is 11.6. The third kappa shape index (κ3) is 3.04. The molecule has 20 heavy (non-hydrogen) atoms. The van der Waals surface area contributed by atoms with Crippen LogP contribution >= 0.6 is 0 Å². The minimum absolute atomic E-state index is 0.119. The van der Waals surface area contributed by atoms with Crippen LogP contribution in [0.3, 0.4) is 0 Å². The summed E-state index contributed by atoms with van der Waals surface area (Å²) >= 11 is 0. The molecule has 0 saturated carbocycles. The number of nitrogens with one attached hydrogen (secondary N) is 1. The predicted octanol–water partition coefficient (Wildman–Crippen LogP) is 2.06. The van der Waals surface area contributed by atoms with Crippen molar-refractivity contribution in [1.29, 1.82) is 0 Å². The molecule has 2 N–H and O–H groups in total. The highest BCUT2D eigenvalue weighted by Gasteiger charge is 2.20. The van der Waals surface area contributed by atoms with E-state index in [-0.39, 0.29) is 12.0 Å². The van der Waals surface area contributed by atoms with Gasteiger partial charge in [0.15, 0.2) is 5.82 Å². The third-order valence-electron chi connectivity index (χ3n) is 2.93. The van der Waals surface area contributed by atoms with Crippen molar-refractivity contribution < 1.29 is 13.9 Å². The van der Waals surface area contributed by atoms with Gasteiger partial charge in [0.25, 0.3) is 6.43 Å². The highest BCUT2D eigenvalue weighted by atomic mass is 19.3. The molecule has 2 aromatic heterocycles. The van der Waals surface area contributed by atoms with Gasteiger partial charge in [-0.25, -0.2) is 18.3 Å². The Kier molecular flexibility index (Phi) is 3.89. The number of alkyl halides is 2. The van der Waals surface area contributed by atoms with Crippen molar-refractivity contribution in [2.24, 2.45) is 0 Å². The predicted molar refractivity (Wildman–Crippen MR) is 72.2 cm³/mol. The molecule has 2 heterocycles. The SMILES string of the molecule is CC(C)(C)c1cc2c(NCC(O)C(F)F)nccn2n1. The van der Waals surface area contributed by atoms with Gasteiger partial charge in [0.2, 0.25) is 0 Å². The number of hydrogen-bond acceptors (Lipinski definition) is 4. The molecule has 0 bridgehead atoms. The lowest BCUT2D eigenvalue weighted by Gasteiger charge is -2.13. The molecular weight excluding hydrogens is 266 g/mol. The number of aromatic nitrogens is 3. The lowest BCUT2D eigenvalue weighted by atomic mass is 9.92. The molecular formula is C13H18F2N4O. The van der Waals surface area contributed by atoms with Gasteiger partial charge >= 0.3 is 0 Å². The number of aliphatic hydroxyl groups is 1. The van der Waals surface area contributed by atoms with E-state index in [1.807, 2.05) is 26.8 Å². The molecule has 0 amide bonds. The molecule has 0 aliphatic rings. The molecule has 0 fully saturated rings. The highest BCUT2D eigenvalue weighted by molar-refractivity contribution is 5.68. The average Bonchev–Trinajstić information content (AvgIpc) is 2.79. The summed E-state index contributed by atoms with van der Waals surface area (Å²) in [5.41, 5.74) is 1.45. The van der Waals surface area contributed by atoms with Gasteiger partial charge in [-0.3, -0.25) is 0 Å². The Balaban J connectivity index is 2.28. The molecule has 7 heteroatoms. The number of aliphatic hydroxyl groups excluding tert-OH is 1. The van der Waals surface area contributed by atoms with E-state index in [2.05, 4.69) is 15.4 Å². The summed E-state index contributed by atoms with van der Waals surface area (Å²) in [6.45, 7) is 5.85. The van der Waals surface area contributed by atoms with Crippen molar-refractivity contribution in [3.63, 3.8) is 0 Å². The largest absolute Gasteiger partial charge is 0.385 e. The van der Waals surface area contributed by atoms with Crippen LogP contribution in [0.4, 0.5) is 14.6 Å². The van der Waals surface area contributed by atoms with E-state index in [4.69, 9.17) is 5.11 Å². The molecule has 0 radical (unpaired) electrons. The topological polar surface area (TPSA) is 62.5 Å². The first kappa shape index (κ1) is 14.6. The summed E-state index contributed by atoms with van der Waals surface area (Å²) in [5, 5.41) is 16.3. The molecule has 0 saturated heterocycles. The van der Waals surface area contributed by atoms with Crippen molar-refractivity contribution in [2.45, 2.75) is 38.7 Å². The second-order valence-electron chi connectivity index (χ2n) is 5.67. The van der Waals surface area contributed by atoms with Gasteiger partial charge in [-0.15, -0.1) is 0 Å². The van der Waals surface area contributed by atoms with E-state index < -0.39 is 12.5 Å². The summed E-state index contributed by atoms with van der Waals surface area (Å²) in [6.07, 6.45) is -1.28. The smallest absolute Gasteiger partial charge is 0.265 e. The van der Waals surface area contributed by atoms with Crippen LogP contribution in [-0.2, 0) is 5.41 Å². The molecule has 0 spiro atoms. The number of hydrogen-bond donors (Lipinski definition) is 2. The van der Waals surface area contributed by atoms with Crippen molar-refractivity contribution in [2.75, 3.05) is 11.9 Å². The molecule has 0 aliphatic heterocycles. The standard InChI is InChI=1S/C13H18F2N4O/c1-13(2,3)10-6-8-12(16-4-5-19(8)18-10)17-7-9(20)11(14)15/h4-6,9,11,20H,7H2,1-3H3,(H,16,17). The molecule has 2 rings (SSSR count). The molecule has 1 atom stereocenters. The number of halogens is 2. The van der Waals surface area contributed by atoms with E-state index in [0.717, 1.165) is 5.69 Å². The fraction of sp³-hybridized carbons (Fsp3) is 0.538. The van der Waals surface area contributed by atoms with Crippen molar-refractivity contribution in [3.8, 4) is 0 Å². The van der Waals surface area contributed by atoms with E-state index >= 15 is 0 Å². The van der Waals surface area contributed by atoms with Crippen molar-refractivity contribution in [1.82, 2.24) is 14.6 Å². The maximum absolute atomic E-state index is 12.3. The van der Waals surface area contributed by atoms with Gasteiger partial charge in [-0.05, 0) is 6.07 Å². The zero-order chi connectivity index (χ0) is 14.9. The lowest BCUT2D eigenvalue weighted by Crippen LogP contribution is -2.27. The Morgan fingerprint density at radius 3 is 2.70 bits per heavy atom. The van der Waals surface area contributed by atoms with E-state index in [1.54, 1.807) is 10.7 Å². The Labute approximate surface area is 115 Å². The van der Waals surface area contributed by atoms with Gasteiger partial charge in [-0.1, -0.05) is 20.8 Å². The Morgan fingerprint density at radius 2 is 2.10 bits per heavy atom. The first-order valence-corrected chi connectivity index (χ1v) is 6.34. The summed E-state index contributed by atoms with van der Waals surface area (Å²) < 4.78 is 26.2. The maximum Gasteiger partial charge on any atom is 0.265 e. The zero-order valence-electron chi connectivity index (χ0n) is 11.6. The summed E-state index contributed by atoms with van der Waals surface area (Å²) in [5.74, 6) is 0.426. The Morgan fingerprint density at radius 1 is 1.40 bits per heavy atom. The van der Waals surface area contributed by atoms with Gasteiger partial charge in [0.1, 0.15) is 11.6 Å². The third-order valence-corrected chi connectivity index (χ3v) is 2.93. The molecule has 110 valence electrons. The normalized spacial score (nSPS) is 13.9. The molecule has 1 unspecified atom stereocenters. The quantitative estimate of drug-likeness (QED) is 0.902. The van der Waals surface area contributed by atoms with Gasteiger partial charge in [-0.2, -0.15) is 5.10 Å². The van der Waals surface area contributed by atoms with Gasteiger partial charge < -0.3 is 10.4 Å². The van der Waals surface area contributed by atoms with Crippen LogP contribution in [0.15, 0.2) is 18.5 Å². The summed E-state index contributed by atoms with van der Waals surface area (Å²) in [7, 11) is 0. The number of rotatable bonds is 4. The average molecular weight is 284 g/mol. The van der Waals surface area contributed by atoms with Crippen LogP contribution in [0.2, 0.25) is 0 Å². The fourth-order valence-electron chi connectivity index (χ4n) is 1.72. The van der Waals surface area contributed by atoms with Crippen molar-refractivity contribution in [3.05, 3.63) is 24.2 Å². The van der Waals surface area contributed by atoms with Crippen LogP contribution in [0.1, 0.15) is 26.5 Å². The second kappa shape index (κ2) is 5.32. The summed E-state index contributed by atoms with van der Waals surface area (Å²) in [4.78, 5) is 4.11. The minimum Gasteiger partial charge on any atom is -0.385 e. The van der Waals surface area contributed by atoms with Crippen molar-refractivity contribution >= 4 is 11.3 Å². The Bertz CT molecular complexity index is 592. The molecule has 0 aliphatic carbocycles. The van der Waals surface area contributed by atoms with Gasteiger partial charge in [0.05, 0.1) is 5.69 Å². The molecule has 2 aromatic rings. The molecule has 5 nitrogen and oxygen atoms in total. The summed E-state index contributed by atoms with van der Waals surface area (Å²) in [6, 6.07) is 1.87. The maximum atomic E-state index is 12.3. The van der Waals surface area contributed by atoms with Crippen LogP contribution < -0.4 is 5.32 Å².